The largest absolute Gasteiger partial charge is 0.481 e. The van der Waals surface area contributed by atoms with Gasteiger partial charge in [0.2, 0.25) is 21.8 Å². The predicted octanol–water partition coefficient (Wildman–Crippen LogP) is 2.30. The molecule has 11 nitrogen and oxygen atoms in total. The molecule has 2 aromatic rings. The number of amidine groups is 1. The predicted molar refractivity (Wildman–Crippen MR) is 148 cm³/mol. The molecule has 0 unspecified atom stereocenters. The highest BCUT2D eigenvalue weighted by Crippen LogP contribution is 2.20. The van der Waals surface area contributed by atoms with Gasteiger partial charge in [0, 0.05) is 45.4 Å². The smallest absolute Gasteiger partial charge is 0.303 e. The Balaban J connectivity index is 1.64. The summed E-state index contributed by atoms with van der Waals surface area (Å²) in [7, 11) is -4.00. The van der Waals surface area contributed by atoms with Gasteiger partial charge in [0.05, 0.1) is 10.7 Å². The molecule has 0 aromatic heterocycles. The number of amides is 2. The molecule has 0 saturated carbocycles. The Morgan fingerprint density at radius 3 is 2.18 bits per heavy atom. The van der Waals surface area contributed by atoms with Gasteiger partial charge in [-0.25, -0.2) is 8.42 Å². The molecule has 12 heteroatoms. The third-order valence-electron chi connectivity index (χ3n) is 6.79. The summed E-state index contributed by atoms with van der Waals surface area (Å²) >= 11 is 0. The molecule has 2 amide bonds. The molecule has 0 aliphatic carbocycles. The van der Waals surface area contributed by atoms with Crippen LogP contribution in [0.25, 0.3) is 10.8 Å². The zero-order valence-corrected chi connectivity index (χ0v) is 22.8. The van der Waals surface area contributed by atoms with Crippen molar-refractivity contribution in [2.45, 2.75) is 62.3 Å². The number of carbonyl (C=O) groups excluding carboxylic acids is 2. The molecule has 1 atom stereocenters. The summed E-state index contributed by atoms with van der Waals surface area (Å²) in [6.45, 7) is 1.22. The number of fused-ring (bicyclic) bond motifs is 1. The van der Waals surface area contributed by atoms with E-state index < -0.39 is 22.0 Å². The normalized spacial score (nSPS) is 14.8. The molecule has 39 heavy (non-hydrogen) atoms. The van der Waals surface area contributed by atoms with Crippen molar-refractivity contribution in [3.63, 3.8) is 0 Å². The van der Waals surface area contributed by atoms with E-state index in [1.54, 1.807) is 21.9 Å². The summed E-state index contributed by atoms with van der Waals surface area (Å²) in [4.78, 5) is 39.9. The average Bonchev–Trinajstić information content (AvgIpc) is 2.91. The molecule has 0 spiro atoms. The van der Waals surface area contributed by atoms with E-state index >= 15 is 0 Å². The first-order valence-electron chi connectivity index (χ1n) is 13.2. The molecule has 1 heterocycles. The number of carboxylic acids is 1. The molecular formula is C27H37N5O6S. The van der Waals surface area contributed by atoms with E-state index in [1.807, 2.05) is 24.3 Å². The van der Waals surface area contributed by atoms with E-state index in [0.29, 0.717) is 45.2 Å². The highest BCUT2D eigenvalue weighted by molar-refractivity contribution is 7.89. The van der Waals surface area contributed by atoms with Gasteiger partial charge in [-0.15, -0.1) is 0 Å². The van der Waals surface area contributed by atoms with Gasteiger partial charge in [-0.3, -0.25) is 19.8 Å². The van der Waals surface area contributed by atoms with Crippen molar-refractivity contribution in [1.82, 2.24) is 14.5 Å². The van der Waals surface area contributed by atoms with Crippen molar-refractivity contribution in [1.29, 1.82) is 5.41 Å². The van der Waals surface area contributed by atoms with Gasteiger partial charge in [-0.05, 0) is 48.6 Å². The minimum absolute atomic E-state index is 0.0263. The maximum atomic E-state index is 13.5. The number of carboxylic acid groups (broad SMARTS) is 1. The number of rotatable bonds is 14. The molecule has 1 aliphatic rings. The zero-order chi connectivity index (χ0) is 28.4. The van der Waals surface area contributed by atoms with Crippen LogP contribution in [0.2, 0.25) is 0 Å². The summed E-state index contributed by atoms with van der Waals surface area (Å²) in [5, 5.41) is 17.8. The third-order valence-corrected chi connectivity index (χ3v) is 8.26. The number of sulfonamides is 1. The molecule has 1 fully saturated rings. The van der Waals surface area contributed by atoms with Crippen LogP contribution in [-0.2, 0) is 24.4 Å². The summed E-state index contributed by atoms with van der Waals surface area (Å²) in [6, 6.07) is 11.2. The van der Waals surface area contributed by atoms with Gasteiger partial charge in [0.25, 0.3) is 0 Å². The van der Waals surface area contributed by atoms with Gasteiger partial charge in [0.1, 0.15) is 6.04 Å². The fourth-order valence-electron chi connectivity index (χ4n) is 4.59. The van der Waals surface area contributed by atoms with Crippen LogP contribution in [-0.4, -0.2) is 79.2 Å². The third kappa shape index (κ3) is 9.03. The quantitative estimate of drug-likeness (QED) is 0.156. The molecule has 1 aliphatic heterocycles. The Bertz CT molecular complexity index is 1290. The standard InChI is InChI=1S/C27H37N5O6S/c28-24(29)10-4-3-9-23(30-39(37,38)22-14-13-20-7-1-2-8-21(20)19-22)27(36)32-17-15-31(16-18-32)25(33)11-5-6-12-26(34)35/h1-2,7-8,13-14,19,23,30H,3-6,9-12,15-18H2,(H3,28,29)(H,34,35)/t23-/m0/s1. The number of nitrogens with zero attached hydrogens (tertiary/aromatic N) is 2. The monoisotopic (exact) mass is 559 g/mol. The van der Waals surface area contributed by atoms with Crippen LogP contribution in [0, 0.1) is 5.41 Å². The topological polar surface area (TPSA) is 174 Å². The minimum atomic E-state index is -4.00. The molecule has 212 valence electrons. The fraction of sp³-hybridized carbons (Fsp3) is 0.481. The van der Waals surface area contributed by atoms with E-state index in [1.165, 1.54) is 6.07 Å². The highest BCUT2D eigenvalue weighted by Gasteiger charge is 2.31. The van der Waals surface area contributed by atoms with Crippen molar-refractivity contribution in [3.8, 4) is 0 Å². The summed E-state index contributed by atoms with van der Waals surface area (Å²) in [5.41, 5.74) is 5.44. The first-order chi connectivity index (χ1) is 18.6. The number of carbonyl (C=O) groups is 3. The number of piperazine rings is 1. The van der Waals surface area contributed by atoms with E-state index in [2.05, 4.69) is 4.72 Å². The average molecular weight is 560 g/mol. The molecule has 0 bridgehead atoms. The lowest BCUT2D eigenvalue weighted by Gasteiger charge is -2.36. The van der Waals surface area contributed by atoms with Gasteiger partial charge >= 0.3 is 5.97 Å². The lowest BCUT2D eigenvalue weighted by molar-refractivity contribution is -0.140. The summed E-state index contributed by atoms with van der Waals surface area (Å²) in [6.07, 6.45) is 2.88. The van der Waals surface area contributed by atoms with Gasteiger partial charge < -0.3 is 20.6 Å². The maximum Gasteiger partial charge on any atom is 0.303 e. The van der Waals surface area contributed by atoms with E-state index in [4.69, 9.17) is 16.2 Å². The van der Waals surface area contributed by atoms with E-state index in [0.717, 1.165) is 10.8 Å². The second kappa shape index (κ2) is 14.0. The maximum absolute atomic E-state index is 13.5. The molecule has 3 rings (SSSR count). The van der Waals surface area contributed by atoms with Gasteiger partial charge in [-0.2, -0.15) is 4.72 Å². The van der Waals surface area contributed by atoms with Crippen molar-refractivity contribution in [3.05, 3.63) is 42.5 Å². The van der Waals surface area contributed by atoms with Gasteiger partial charge in [0.15, 0.2) is 0 Å². The number of benzene rings is 2. The molecular weight excluding hydrogens is 522 g/mol. The molecule has 2 aromatic carbocycles. The Morgan fingerprint density at radius 2 is 1.51 bits per heavy atom. The lowest BCUT2D eigenvalue weighted by atomic mass is 10.1. The van der Waals surface area contributed by atoms with Crippen LogP contribution in [0.1, 0.15) is 51.4 Å². The number of hydrogen-bond acceptors (Lipinski definition) is 6. The van der Waals surface area contributed by atoms with Gasteiger partial charge in [-0.1, -0.05) is 36.8 Å². The number of nitrogens with one attached hydrogen (secondary N) is 2. The van der Waals surface area contributed by atoms with E-state index in [-0.39, 0.29) is 54.9 Å². The van der Waals surface area contributed by atoms with Crippen LogP contribution < -0.4 is 10.5 Å². The number of hydrogen-bond donors (Lipinski definition) is 4. The molecule has 5 N–H and O–H groups in total. The molecule has 0 radical (unpaired) electrons. The minimum Gasteiger partial charge on any atom is -0.481 e. The second-order valence-electron chi connectivity index (χ2n) is 9.76. The van der Waals surface area contributed by atoms with Crippen LogP contribution in [0.15, 0.2) is 47.4 Å². The fourth-order valence-corrected chi connectivity index (χ4v) is 5.85. The zero-order valence-electron chi connectivity index (χ0n) is 22.0. The van der Waals surface area contributed by atoms with Crippen LogP contribution in [0.3, 0.4) is 0 Å². The Morgan fingerprint density at radius 1 is 0.897 bits per heavy atom. The highest BCUT2D eigenvalue weighted by atomic mass is 32.2. The summed E-state index contributed by atoms with van der Waals surface area (Å²) < 4.78 is 29.2. The van der Waals surface area contributed by atoms with Crippen LogP contribution >= 0.6 is 0 Å². The number of aliphatic carboxylic acids is 1. The number of unbranched alkanes of at least 4 members (excludes halogenated alkanes) is 2. The first kappa shape index (κ1) is 30.0. The number of nitrogens with two attached hydrogens (primary N) is 1. The van der Waals surface area contributed by atoms with Crippen molar-refractivity contribution in [2.24, 2.45) is 5.73 Å². The SMILES string of the molecule is N=C(N)CCCC[C@H](NS(=O)(=O)c1ccc2ccccc2c1)C(=O)N1CCN(C(=O)CCCCC(=O)O)CC1. The van der Waals surface area contributed by atoms with Crippen LogP contribution in [0.5, 0.6) is 0 Å². The second-order valence-corrected chi connectivity index (χ2v) is 11.5. The van der Waals surface area contributed by atoms with Crippen molar-refractivity contribution in [2.75, 3.05) is 26.2 Å². The Hall–Kier alpha value is -3.51. The Labute approximate surface area is 228 Å². The van der Waals surface area contributed by atoms with E-state index in [9.17, 15) is 22.8 Å². The Kier molecular flexibility index (Phi) is 10.8. The molecule has 1 saturated heterocycles. The van der Waals surface area contributed by atoms with Crippen molar-refractivity contribution >= 4 is 44.4 Å². The first-order valence-corrected chi connectivity index (χ1v) is 14.7. The lowest BCUT2D eigenvalue weighted by Crippen LogP contribution is -2.55. The van der Waals surface area contributed by atoms with Crippen LogP contribution in [0.4, 0.5) is 0 Å². The summed E-state index contributed by atoms with van der Waals surface area (Å²) in [5.74, 6) is -1.28. The van der Waals surface area contributed by atoms with Crippen molar-refractivity contribution < 1.29 is 27.9 Å².